The van der Waals surface area contributed by atoms with Gasteiger partial charge in [-0.05, 0) is 36.4 Å². The summed E-state index contributed by atoms with van der Waals surface area (Å²) in [6.07, 6.45) is 1.31. The van der Waals surface area contributed by atoms with Crippen molar-refractivity contribution in [2.24, 2.45) is 5.10 Å². The minimum Gasteiger partial charge on any atom is -0.493 e. The SMILES string of the molecule is COc1cc(/C=N\NC(=O)c2ccc(N)cc2)cc(OC)c1OC(F)F. The molecule has 0 saturated carbocycles. The predicted molar refractivity (Wildman–Crippen MR) is 92.1 cm³/mol. The fraction of sp³-hybridized carbons (Fsp3) is 0.176. The summed E-state index contributed by atoms with van der Waals surface area (Å²) in [4.78, 5) is 11.9. The Kier molecular flexibility index (Phi) is 6.31. The average molecular weight is 365 g/mol. The van der Waals surface area contributed by atoms with Crippen LogP contribution in [-0.2, 0) is 0 Å². The second-order valence-corrected chi connectivity index (χ2v) is 4.95. The first-order valence-electron chi connectivity index (χ1n) is 7.34. The van der Waals surface area contributed by atoms with E-state index >= 15 is 0 Å². The lowest BCUT2D eigenvalue weighted by atomic mass is 10.2. The summed E-state index contributed by atoms with van der Waals surface area (Å²) in [5, 5.41) is 3.83. The number of ether oxygens (including phenoxy) is 3. The highest BCUT2D eigenvalue weighted by atomic mass is 19.3. The highest BCUT2D eigenvalue weighted by Gasteiger charge is 2.17. The third-order valence-electron chi connectivity index (χ3n) is 3.24. The number of nitrogens with zero attached hydrogens (tertiary/aromatic N) is 1. The van der Waals surface area contributed by atoms with Gasteiger partial charge in [0, 0.05) is 16.8 Å². The number of benzene rings is 2. The molecule has 0 radical (unpaired) electrons. The molecule has 0 unspecified atom stereocenters. The second kappa shape index (κ2) is 8.65. The van der Waals surface area contributed by atoms with E-state index in [0.717, 1.165) is 0 Å². The molecule has 2 aromatic rings. The summed E-state index contributed by atoms with van der Waals surface area (Å²) < 4.78 is 39.5. The fourth-order valence-corrected chi connectivity index (χ4v) is 2.04. The lowest BCUT2D eigenvalue weighted by molar-refractivity contribution is -0.0526. The van der Waals surface area contributed by atoms with Crippen molar-refractivity contribution in [2.45, 2.75) is 6.61 Å². The molecule has 0 aliphatic rings. The predicted octanol–water partition coefficient (Wildman–Crippen LogP) is 2.65. The van der Waals surface area contributed by atoms with Crippen LogP contribution in [0.15, 0.2) is 41.5 Å². The van der Waals surface area contributed by atoms with Crippen molar-refractivity contribution in [2.75, 3.05) is 20.0 Å². The number of carbonyl (C=O) groups is 1. The van der Waals surface area contributed by atoms with Gasteiger partial charge in [0.05, 0.1) is 20.4 Å². The molecule has 2 aromatic carbocycles. The summed E-state index contributed by atoms with van der Waals surface area (Å²) in [6, 6.07) is 9.13. The number of carbonyl (C=O) groups excluding carboxylic acids is 1. The highest BCUT2D eigenvalue weighted by molar-refractivity contribution is 5.95. The Labute approximate surface area is 148 Å². The standard InChI is InChI=1S/C17H17F2N3O4/c1-24-13-7-10(8-14(25-2)15(13)26-17(18)19)9-21-22-16(23)11-3-5-12(20)6-4-11/h3-9,17H,20H2,1-2H3,(H,22,23)/b21-9-. The van der Waals surface area contributed by atoms with Crippen LogP contribution >= 0.6 is 0 Å². The molecule has 3 N–H and O–H groups in total. The molecule has 0 heterocycles. The number of nitrogens with two attached hydrogens (primary N) is 1. The van der Waals surface area contributed by atoms with Crippen molar-refractivity contribution in [3.05, 3.63) is 47.5 Å². The number of halogens is 2. The Morgan fingerprint density at radius 1 is 1.15 bits per heavy atom. The molecule has 0 aliphatic heterocycles. The van der Waals surface area contributed by atoms with Crippen molar-refractivity contribution in [3.63, 3.8) is 0 Å². The molecule has 7 nitrogen and oxygen atoms in total. The van der Waals surface area contributed by atoms with E-state index in [4.69, 9.17) is 15.2 Å². The normalized spacial score (nSPS) is 10.8. The highest BCUT2D eigenvalue weighted by Crippen LogP contribution is 2.39. The van der Waals surface area contributed by atoms with Crippen molar-refractivity contribution in [1.29, 1.82) is 0 Å². The first-order valence-corrected chi connectivity index (χ1v) is 7.34. The molecule has 0 aromatic heterocycles. The van der Waals surface area contributed by atoms with E-state index < -0.39 is 12.5 Å². The van der Waals surface area contributed by atoms with Crippen LogP contribution in [0.4, 0.5) is 14.5 Å². The second-order valence-electron chi connectivity index (χ2n) is 4.95. The van der Waals surface area contributed by atoms with E-state index in [1.165, 1.54) is 32.6 Å². The van der Waals surface area contributed by atoms with E-state index in [1.54, 1.807) is 24.3 Å². The van der Waals surface area contributed by atoms with E-state index in [2.05, 4.69) is 15.3 Å². The zero-order chi connectivity index (χ0) is 19.1. The summed E-state index contributed by atoms with van der Waals surface area (Å²) in [5.74, 6) is -0.585. The van der Waals surface area contributed by atoms with Gasteiger partial charge in [-0.25, -0.2) is 5.43 Å². The lowest BCUT2D eigenvalue weighted by Crippen LogP contribution is -2.17. The van der Waals surface area contributed by atoms with Gasteiger partial charge in [-0.3, -0.25) is 4.79 Å². The van der Waals surface area contributed by atoms with Gasteiger partial charge in [0.1, 0.15) is 0 Å². The van der Waals surface area contributed by atoms with Gasteiger partial charge in [-0.2, -0.15) is 13.9 Å². The Balaban J connectivity index is 2.16. The molecule has 0 saturated heterocycles. The van der Waals surface area contributed by atoms with E-state index in [9.17, 15) is 13.6 Å². The maximum Gasteiger partial charge on any atom is 0.387 e. The molecule has 9 heteroatoms. The summed E-state index contributed by atoms with van der Waals surface area (Å²) in [7, 11) is 2.60. The molecule has 0 atom stereocenters. The summed E-state index contributed by atoms with van der Waals surface area (Å²) in [6.45, 7) is -3.03. The van der Waals surface area contributed by atoms with Crippen LogP contribution in [0.3, 0.4) is 0 Å². The molecule has 0 aliphatic carbocycles. The maximum absolute atomic E-state index is 12.5. The molecular weight excluding hydrogens is 348 g/mol. The molecule has 26 heavy (non-hydrogen) atoms. The van der Waals surface area contributed by atoms with Gasteiger partial charge >= 0.3 is 6.61 Å². The molecular formula is C17H17F2N3O4. The van der Waals surface area contributed by atoms with Crippen LogP contribution in [0.1, 0.15) is 15.9 Å². The van der Waals surface area contributed by atoms with Crippen LogP contribution in [0.25, 0.3) is 0 Å². The van der Waals surface area contributed by atoms with Gasteiger partial charge in [0.2, 0.25) is 5.75 Å². The number of methoxy groups -OCH3 is 2. The minimum absolute atomic E-state index is 0.0379. The van der Waals surface area contributed by atoms with Crippen LogP contribution < -0.4 is 25.4 Å². The Morgan fingerprint density at radius 2 is 1.73 bits per heavy atom. The average Bonchev–Trinajstić information content (AvgIpc) is 2.62. The largest absolute Gasteiger partial charge is 0.493 e. The zero-order valence-corrected chi connectivity index (χ0v) is 14.0. The number of nitrogens with one attached hydrogen (secondary N) is 1. The fourth-order valence-electron chi connectivity index (χ4n) is 2.04. The van der Waals surface area contributed by atoms with Gasteiger partial charge in [0.15, 0.2) is 11.5 Å². The first kappa shape index (κ1) is 19.0. The number of nitrogen functional groups attached to an aromatic ring is 1. The van der Waals surface area contributed by atoms with Crippen LogP contribution in [0, 0.1) is 0 Å². The Hall–Kier alpha value is -3.36. The first-order chi connectivity index (χ1) is 12.4. The number of amides is 1. The number of hydrogen-bond acceptors (Lipinski definition) is 6. The van der Waals surface area contributed by atoms with Crippen LogP contribution in [-0.4, -0.2) is 33.0 Å². The minimum atomic E-state index is -3.03. The number of anilines is 1. The topological polar surface area (TPSA) is 95.2 Å². The smallest absolute Gasteiger partial charge is 0.387 e. The lowest BCUT2D eigenvalue weighted by Gasteiger charge is -2.14. The van der Waals surface area contributed by atoms with Gasteiger partial charge in [0.25, 0.3) is 5.91 Å². The van der Waals surface area contributed by atoms with Crippen molar-refractivity contribution in [1.82, 2.24) is 5.43 Å². The van der Waals surface area contributed by atoms with Crippen LogP contribution in [0.2, 0.25) is 0 Å². The number of rotatable bonds is 7. The Bertz CT molecular complexity index is 770. The summed E-state index contributed by atoms with van der Waals surface area (Å²) >= 11 is 0. The van der Waals surface area contributed by atoms with Crippen LogP contribution in [0.5, 0.6) is 17.2 Å². The molecule has 0 spiro atoms. The van der Waals surface area contributed by atoms with E-state index in [-0.39, 0.29) is 17.2 Å². The zero-order valence-electron chi connectivity index (χ0n) is 14.0. The molecule has 2 rings (SSSR count). The quantitative estimate of drug-likeness (QED) is 0.447. The number of hydrogen-bond donors (Lipinski definition) is 2. The number of hydrazone groups is 1. The third-order valence-corrected chi connectivity index (χ3v) is 3.24. The summed E-state index contributed by atoms with van der Waals surface area (Å²) in [5.41, 5.74) is 9.26. The van der Waals surface area contributed by atoms with Gasteiger partial charge in [-0.15, -0.1) is 0 Å². The number of alkyl halides is 2. The van der Waals surface area contributed by atoms with Crippen molar-refractivity contribution >= 4 is 17.8 Å². The molecule has 1 amide bonds. The monoisotopic (exact) mass is 365 g/mol. The maximum atomic E-state index is 12.5. The molecule has 138 valence electrons. The van der Waals surface area contributed by atoms with Gasteiger partial charge < -0.3 is 19.9 Å². The van der Waals surface area contributed by atoms with Gasteiger partial charge in [-0.1, -0.05) is 0 Å². The van der Waals surface area contributed by atoms with E-state index in [0.29, 0.717) is 16.8 Å². The van der Waals surface area contributed by atoms with E-state index in [1.807, 2.05) is 0 Å². The van der Waals surface area contributed by atoms with Crippen molar-refractivity contribution in [3.8, 4) is 17.2 Å². The molecule has 0 fully saturated rings. The Morgan fingerprint density at radius 3 is 2.23 bits per heavy atom. The molecule has 0 bridgehead atoms. The van der Waals surface area contributed by atoms with Crippen molar-refractivity contribution < 1.29 is 27.8 Å². The third kappa shape index (κ3) is 4.82.